The quantitative estimate of drug-likeness (QED) is 0.478. The second kappa shape index (κ2) is 1.28. The van der Waals surface area contributed by atoms with Gasteiger partial charge in [-0.1, -0.05) is 12.2 Å². The first kappa shape index (κ1) is 4.22. The fourth-order valence-corrected chi connectivity index (χ4v) is 0.690. The summed E-state index contributed by atoms with van der Waals surface area (Å²) < 4.78 is 0. The molecule has 1 nitrogen and oxygen atoms in total. The molecule has 0 heterocycles. The van der Waals surface area contributed by atoms with Crippen LogP contribution in [0.5, 0.6) is 0 Å². The average molecular weight is 101 g/mol. The van der Waals surface area contributed by atoms with Crippen LogP contribution in [0.3, 0.4) is 0 Å². The molecule has 0 bridgehead atoms. The maximum absolute atomic E-state index is 4.81. The van der Waals surface area contributed by atoms with Gasteiger partial charge in [0.05, 0.1) is 0 Å². The first-order valence-corrected chi connectivity index (χ1v) is 2.45. The number of rotatable bonds is 1. The van der Waals surface area contributed by atoms with Gasteiger partial charge in [-0.15, -0.1) is 0 Å². The Morgan fingerprint density at radius 1 is 2.00 bits per heavy atom. The van der Waals surface area contributed by atoms with Gasteiger partial charge in [0, 0.05) is 17.3 Å². The molecule has 0 radical (unpaired) electrons. The molecular formula is C4H7NS. The first-order chi connectivity index (χ1) is 2.84. The van der Waals surface area contributed by atoms with E-state index in [2.05, 4.69) is 5.32 Å². The van der Waals surface area contributed by atoms with Crippen LogP contribution in [-0.2, 0) is 0 Å². The number of hydrogen-bond donors (Lipinski definition) is 1. The first-order valence-electron chi connectivity index (χ1n) is 2.04. The summed E-state index contributed by atoms with van der Waals surface area (Å²) in [7, 11) is 1.93. The Kier molecular flexibility index (Phi) is 0.898. The van der Waals surface area contributed by atoms with E-state index in [0.29, 0.717) is 6.04 Å². The number of thiocarbonyl (C=S) groups is 1. The minimum absolute atomic E-state index is 0.583. The molecule has 0 aliphatic heterocycles. The lowest BCUT2D eigenvalue weighted by Gasteiger charge is -1.80. The summed E-state index contributed by atoms with van der Waals surface area (Å²) in [5.41, 5.74) is 0. The second-order valence-corrected chi connectivity index (χ2v) is 2.04. The molecule has 1 saturated carbocycles. The van der Waals surface area contributed by atoms with Gasteiger partial charge in [0.2, 0.25) is 0 Å². The van der Waals surface area contributed by atoms with Crippen LogP contribution >= 0.6 is 12.2 Å². The lowest BCUT2D eigenvalue weighted by atomic mass is 10.7. The van der Waals surface area contributed by atoms with E-state index in [-0.39, 0.29) is 0 Å². The van der Waals surface area contributed by atoms with E-state index >= 15 is 0 Å². The van der Waals surface area contributed by atoms with Crippen LogP contribution in [0, 0.1) is 0 Å². The van der Waals surface area contributed by atoms with Gasteiger partial charge in [-0.3, -0.25) is 0 Å². The van der Waals surface area contributed by atoms with Gasteiger partial charge >= 0.3 is 0 Å². The summed E-state index contributed by atoms with van der Waals surface area (Å²) in [5, 5.41) is 3.05. The van der Waals surface area contributed by atoms with E-state index in [1.165, 1.54) is 4.86 Å². The van der Waals surface area contributed by atoms with Crippen molar-refractivity contribution in [1.29, 1.82) is 0 Å². The van der Waals surface area contributed by atoms with Crippen molar-refractivity contribution in [3.8, 4) is 0 Å². The highest BCUT2D eigenvalue weighted by Crippen LogP contribution is 2.14. The molecule has 34 valence electrons. The Bertz CT molecular complexity index is 79.6. The smallest absolute Gasteiger partial charge is 0.0428 e. The van der Waals surface area contributed by atoms with E-state index in [0.717, 1.165) is 6.42 Å². The zero-order valence-electron chi connectivity index (χ0n) is 3.69. The molecule has 0 saturated heterocycles. The molecule has 1 fully saturated rings. The lowest BCUT2D eigenvalue weighted by Crippen LogP contribution is -2.09. The van der Waals surface area contributed by atoms with Gasteiger partial charge in [-0.05, 0) is 7.05 Å². The maximum Gasteiger partial charge on any atom is 0.0428 e. The molecule has 0 aromatic heterocycles. The molecule has 0 amide bonds. The Balaban J connectivity index is 2.26. The molecule has 1 rings (SSSR count). The Morgan fingerprint density at radius 2 is 2.50 bits per heavy atom. The standard InChI is InChI=1S/C4H7NS/c1-5-3-2-4(3)6/h3,5H,2H2,1H3. The summed E-state index contributed by atoms with van der Waals surface area (Å²) in [4.78, 5) is 1.18. The molecule has 1 unspecified atom stereocenters. The molecule has 6 heavy (non-hydrogen) atoms. The predicted molar refractivity (Wildman–Crippen MR) is 30.1 cm³/mol. The minimum Gasteiger partial charge on any atom is -0.312 e. The van der Waals surface area contributed by atoms with E-state index < -0.39 is 0 Å². The zero-order chi connectivity index (χ0) is 4.57. The van der Waals surface area contributed by atoms with Crippen molar-refractivity contribution in [2.75, 3.05) is 7.05 Å². The summed E-state index contributed by atoms with van der Waals surface area (Å²) in [6.45, 7) is 0. The van der Waals surface area contributed by atoms with Crippen LogP contribution in [0.15, 0.2) is 0 Å². The van der Waals surface area contributed by atoms with Crippen LogP contribution in [0.2, 0.25) is 0 Å². The Labute approximate surface area is 42.7 Å². The molecule has 1 aliphatic carbocycles. The van der Waals surface area contributed by atoms with Gasteiger partial charge < -0.3 is 5.32 Å². The largest absolute Gasteiger partial charge is 0.312 e. The summed E-state index contributed by atoms with van der Waals surface area (Å²) in [6, 6.07) is 0.583. The van der Waals surface area contributed by atoms with E-state index in [4.69, 9.17) is 12.2 Å². The highest BCUT2D eigenvalue weighted by Gasteiger charge is 2.26. The van der Waals surface area contributed by atoms with Gasteiger partial charge in [0.15, 0.2) is 0 Å². The molecule has 0 spiro atoms. The minimum atomic E-state index is 0.583. The Hall–Kier alpha value is 0.0500. The van der Waals surface area contributed by atoms with Crippen molar-refractivity contribution in [1.82, 2.24) is 5.32 Å². The Morgan fingerprint density at radius 3 is 2.50 bits per heavy atom. The fraction of sp³-hybridized carbons (Fsp3) is 0.750. The predicted octanol–water partition coefficient (Wildman–Crippen LogP) is 0.348. The third-order valence-electron chi connectivity index (χ3n) is 0.982. The zero-order valence-corrected chi connectivity index (χ0v) is 4.51. The van der Waals surface area contributed by atoms with Gasteiger partial charge in [-0.2, -0.15) is 0 Å². The van der Waals surface area contributed by atoms with Crippen molar-refractivity contribution in [3.05, 3.63) is 0 Å². The van der Waals surface area contributed by atoms with E-state index in [1.807, 2.05) is 7.05 Å². The second-order valence-electron chi connectivity index (χ2n) is 1.51. The van der Waals surface area contributed by atoms with Crippen LogP contribution in [-0.4, -0.2) is 18.0 Å². The van der Waals surface area contributed by atoms with Crippen molar-refractivity contribution < 1.29 is 0 Å². The van der Waals surface area contributed by atoms with E-state index in [9.17, 15) is 0 Å². The van der Waals surface area contributed by atoms with Gasteiger partial charge in [0.25, 0.3) is 0 Å². The summed E-state index contributed by atoms with van der Waals surface area (Å²) in [5.74, 6) is 0. The topological polar surface area (TPSA) is 12.0 Å². The molecule has 1 N–H and O–H groups in total. The van der Waals surface area contributed by atoms with Crippen LogP contribution < -0.4 is 5.32 Å². The highest BCUT2D eigenvalue weighted by molar-refractivity contribution is 7.81. The van der Waals surface area contributed by atoms with Crippen molar-refractivity contribution >= 4 is 17.1 Å². The molecule has 0 aromatic carbocycles. The third kappa shape index (κ3) is 0.581. The number of nitrogens with one attached hydrogen (secondary N) is 1. The van der Waals surface area contributed by atoms with Crippen molar-refractivity contribution in [2.24, 2.45) is 0 Å². The normalized spacial score (nSPS) is 30.8. The number of hydrogen-bond acceptors (Lipinski definition) is 2. The van der Waals surface area contributed by atoms with Gasteiger partial charge in [-0.25, -0.2) is 0 Å². The highest BCUT2D eigenvalue weighted by atomic mass is 32.1. The molecule has 2 heteroatoms. The monoisotopic (exact) mass is 101 g/mol. The molecule has 1 aliphatic rings. The third-order valence-corrected chi connectivity index (χ3v) is 1.43. The summed E-state index contributed by atoms with van der Waals surface area (Å²) in [6.07, 6.45) is 1.12. The molecule has 0 aromatic rings. The van der Waals surface area contributed by atoms with Crippen molar-refractivity contribution in [3.63, 3.8) is 0 Å². The van der Waals surface area contributed by atoms with Crippen LogP contribution in [0.25, 0.3) is 0 Å². The van der Waals surface area contributed by atoms with Crippen LogP contribution in [0.4, 0.5) is 0 Å². The lowest BCUT2D eigenvalue weighted by molar-refractivity contribution is 0.844. The van der Waals surface area contributed by atoms with Crippen molar-refractivity contribution in [2.45, 2.75) is 12.5 Å². The molecular weight excluding hydrogens is 94.1 g/mol. The van der Waals surface area contributed by atoms with E-state index in [1.54, 1.807) is 0 Å². The van der Waals surface area contributed by atoms with Crippen LogP contribution in [0.1, 0.15) is 6.42 Å². The van der Waals surface area contributed by atoms with Gasteiger partial charge in [0.1, 0.15) is 0 Å². The maximum atomic E-state index is 4.81. The summed E-state index contributed by atoms with van der Waals surface area (Å²) >= 11 is 4.81. The average Bonchev–Trinajstić information content (AvgIpc) is 2.19. The fourth-order valence-electron chi connectivity index (χ4n) is 0.405. The SMILES string of the molecule is CNC1CC1=S. The molecule has 1 atom stereocenters.